The largest absolute Gasteiger partial charge is 0.508 e. The first-order valence-electron chi connectivity index (χ1n) is 3.60. The van der Waals surface area contributed by atoms with Crippen molar-refractivity contribution in [2.24, 2.45) is 0 Å². The van der Waals surface area contributed by atoms with E-state index in [1.165, 1.54) is 13.0 Å². The number of Topliss-reactive ketones (excluding diaryl/α,β-unsaturated/α-hetero) is 1. The smallest absolute Gasteiger partial charge is 0.167 e. The van der Waals surface area contributed by atoms with E-state index in [1.807, 2.05) is 0 Å². The summed E-state index contributed by atoms with van der Waals surface area (Å²) in [5, 5.41) is 9.01. The van der Waals surface area contributed by atoms with Crippen LogP contribution >= 0.6 is 0 Å². The van der Waals surface area contributed by atoms with Gasteiger partial charge in [0.25, 0.3) is 0 Å². The SMILES string of the molecule is CC(=O)COc1cccc(O)c1. The van der Waals surface area contributed by atoms with E-state index in [-0.39, 0.29) is 18.1 Å². The predicted molar refractivity (Wildman–Crippen MR) is 44.3 cm³/mol. The molecule has 0 saturated carbocycles. The second kappa shape index (κ2) is 3.76. The average molecular weight is 166 g/mol. The van der Waals surface area contributed by atoms with Crippen LogP contribution in [0.15, 0.2) is 24.3 Å². The number of hydrogen-bond donors (Lipinski definition) is 1. The molecule has 0 aliphatic heterocycles. The van der Waals surface area contributed by atoms with Crippen molar-refractivity contribution in [3.05, 3.63) is 24.3 Å². The molecular weight excluding hydrogens is 156 g/mol. The molecule has 0 bridgehead atoms. The standard InChI is InChI=1S/C9H10O3/c1-7(10)6-12-9-4-2-3-8(11)5-9/h2-5,11H,6H2,1H3. The van der Waals surface area contributed by atoms with Crippen LogP contribution in [-0.2, 0) is 4.79 Å². The van der Waals surface area contributed by atoms with E-state index in [9.17, 15) is 4.79 Å². The first kappa shape index (κ1) is 8.59. The number of aromatic hydroxyl groups is 1. The van der Waals surface area contributed by atoms with Crippen LogP contribution < -0.4 is 4.74 Å². The zero-order valence-electron chi connectivity index (χ0n) is 6.78. The van der Waals surface area contributed by atoms with Gasteiger partial charge in [-0.25, -0.2) is 0 Å². The molecule has 0 aliphatic carbocycles. The summed E-state index contributed by atoms with van der Waals surface area (Å²) in [5.74, 6) is 0.597. The average Bonchev–Trinajstić information content (AvgIpc) is 2.01. The number of rotatable bonds is 3. The third-order valence-electron chi connectivity index (χ3n) is 1.26. The van der Waals surface area contributed by atoms with E-state index >= 15 is 0 Å². The summed E-state index contributed by atoms with van der Waals surface area (Å²) < 4.78 is 5.04. The number of phenols is 1. The molecule has 1 N–H and O–H groups in total. The molecule has 1 aromatic carbocycles. The van der Waals surface area contributed by atoms with Crippen molar-refractivity contribution in [3.8, 4) is 11.5 Å². The van der Waals surface area contributed by atoms with E-state index in [0.29, 0.717) is 5.75 Å². The summed E-state index contributed by atoms with van der Waals surface area (Å²) in [5.41, 5.74) is 0. The summed E-state index contributed by atoms with van der Waals surface area (Å²) in [7, 11) is 0. The topological polar surface area (TPSA) is 46.5 Å². The van der Waals surface area contributed by atoms with Crippen molar-refractivity contribution in [3.63, 3.8) is 0 Å². The fourth-order valence-electron chi connectivity index (χ4n) is 0.758. The molecule has 3 heteroatoms. The van der Waals surface area contributed by atoms with Crippen LogP contribution in [0.3, 0.4) is 0 Å². The minimum absolute atomic E-state index is 0.0432. The molecule has 0 fully saturated rings. The molecule has 1 aromatic rings. The normalized spacial score (nSPS) is 9.42. The molecule has 3 nitrogen and oxygen atoms in total. The first-order chi connectivity index (χ1) is 5.68. The van der Waals surface area contributed by atoms with E-state index in [0.717, 1.165) is 0 Å². The summed E-state index contributed by atoms with van der Waals surface area (Å²) >= 11 is 0. The predicted octanol–water partition coefficient (Wildman–Crippen LogP) is 1.36. The Bertz CT molecular complexity index is 281. The lowest BCUT2D eigenvalue weighted by molar-refractivity contribution is -0.118. The molecule has 64 valence electrons. The van der Waals surface area contributed by atoms with Crippen LogP contribution in [0.5, 0.6) is 11.5 Å². The van der Waals surface area contributed by atoms with E-state index in [1.54, 1.807) is 18.2 Å². The van der Waals surface area contributed by atoms with Gasteiger partial charge in [-0.2, -0.15) is 0 Å². The number of phenolic OH excluding ortho intramolecular Hbond substituents is 1. The van der Waals surface area contributed by atoms with Gasteiger partial charge in [0.05, 0.1) is 0 Å². The van der Waals surface area contributed by atoms with Crippen LogP contribution in [0.25, 0.3) is 0 Å². The molecule has 0 unspecified atom stereocenters. The van der Waals surface area contributed by atoms with Crippen molar-refractivity contribution < 1.29 is 14.6 Å². The van der Waals surface area contributed by atoms with Crippen LogP contribution in [0.4, 0.5) is 0 Å². The molecule has 0 aliphatic rings. The lowest BCUT2D eigenvalue weighted by atomic mass is 10.3. The first-order valence-corrected chi connectivity index (χ1v) is 3.60. The highest BCUT2D eigenvalue weighted by atomic mass is 16.5. The fraction of sp³-hybridized carbons (Fsp3) is 0.222. The quantitative estimate of drug-likeness (QED) is 0.737. The fourth-order valence-corrected chi connectivity index (χ4v) is 0.758. The summed E-state index contributed by atoms with van der Waals surface area (Å²) in [6.07, 6.45) is 0. The highest BCUT2D eigenvalue weighted by Gasteiger charge is 1.96. The van der Waals surface area contributed by atoms with Crippen molar-refractivity contribution in [2.45, 2.75) is 6.92 Å². The molecule has 0 spiro atoms. The van der Waals surface area contributed by atoms with Crippen LogP contribution in [0, 0.1) is 0 Å². The Morgan fingerprint density at radius 3 is 2.92 bits per heavy atom. The number of carbonyl (C=O) groups excluding carboxylic acids is 1. The number of carbonyl (C=O) groups is 1. The van der Waals surface area contributed by atoms with Gasteiger partial charge < -0.3 is 9.84 Å². The van der Waals surface area contributed by atoms with Crippen molar-refractivity contribution in [2.75, 3.05) is 6.61 Å². The van der Waals surface area contributed by atoms with Gasteiger partial charge in [0.15, 0.2) is 5.78 Å². The lowest BCUT2D eigenvalue weighted by Crippen LogP contribution is -2.06. The number of benzene rings is 1. The Balaban J connectivity index is 2.57. The van der Waals surface area contributed by atoms with Gasteiger partial charge in [-0.1, -0.05) is 6.07 Å². The molecule has 0 atom stereocenters. The van der Waals surface area contributed by atoms with Crippen LogP contribution in [-0.4, -0.2) is 17.5 Å². The monoisotopic (exact) mass is 166 g/mol. The zero-order chi connectivity index (χ0) is 8.97. The van der Waals surface area contributed by atoms with E-state index in [2.05, 4.69) is 0 Å². The molecule has 1 rings (SSSR count). The highest BCUT2D eigenvalue weighted by molar-refractivity contribution is 5.77. The van der Waals surface area contributed by atoms with Gasteiger partial charge in [0.2, 0.25) is 0 Å². The second-order valence-corrected chi connectivity index (χ2v) is 2.49. The minimum Gasteiger partial charge on any atom is -0.508 e. The van der Waals surface area contributed by atoms with Crippen molar-refractivity contribution in [1.82, 2.24) is 0 Å². The maximum Gasteiger partial charge on any atom is 0.167 e. The Hall–Kier alpha value is -1.51. The summed E-state index contributed by atoms with van der Waals surface area (Å²) in [6.45, 7) is 1.49. The third-order valence-corrected chi connectivity index (χ3v) is 1.26. The Labute approximate surface area is 70.6 Å². The molecule has 12 heavy (non-hydrogen) atoms. The summed E-state index contributed by atoms with van der Waals surface area (Å²) in [4.78, 5) is 10.5. The van der Waals surface area contributed by atoms with Crippen molar-refractivity contribution >= 4 is 5.78 Å². The Morgan fingerprint density at radius 1 is 1.58 bits per heavy atom. The lowest BCUT2D eigenvalue weighted by Gasteiger charge is -2.02. The number of ether oxygens (including phenoxy) is 1. The number of hydrogen-bond acceptors (Lipinski definition) is 3. The third kappa shape index (κ3) is 2.62. The molecular formula is C9H10O3. The maximum atomic E-state index is 10.5. The highest BCUT2D eigenvalue weighted by Crippen LogP contribution is 2.17. The van der Waals surface area contributed by atoms with Gasteiger partial charge in [0.1, 0.15) is 18.1 Å². The van der Waals surface area contributed by atoms with Gasteiger partial charge in [-0.3, -0.25) is 4.79 Å². The van der Waals surface area contributed by atoms with Crippen molar-refractivity contribution in [1.29, 1.82) is 0 Å². The molecule has 0 radical (unpaired) electrons. The molecule has 0 saturated heterocycles. The Kier molecular flexibility index (Phi) is 2.69. The van der Waals surface area contributed by atoms with Gasteiger partial charge in [-0.05, 0) is 19.1 Å². The Morgan fingerprint density at radius 2 is 2.33 bits per heavy atom. The molecule has 0 aromatic heterocycles. The molecule has 0 amide bonds. The second-order valence-electron chi connectivity index (χ2n) is 2.49. The van der Waals surface area contributed by atoms with E-state index in [4.69, 9.17) is 9.84 Å². The summed E-state index contributed by atoms with van der Waals surface area (Å²) in [6, 6.07) is 6.34. The van der Waals surface area contributed by atoms with Crippen LogP contribution in [0.1, 0.15) is 6.92 Å². The number of ketones is 1. The maximum absolute atomic E-state index is 10.5. The van der Waals surface area contributed by atoms with E-state index < -0.39 is 0 Å². The van der Waals surface area contributed by atoms with Gasteiger partial charge >= 0.3 is 0 Å². The van der Waals surface area contributed by atoms with Gasteiger partial charge in [0, 0.05) is 6.07 Å². The zero-order valence-corrected chi connectivity index (χ0v) is 6.78. The minimum atomic E-state index is -0.0432. The van der Waals surface area contributed by atoms with Gasteiger partial charge in [-0.15, -0.1) is 0 Å². The van der Waals surface area contributed by atoms with Crippen LogP contribution in [0.2, 0.25) is 0 Å². The molecule has 0 heterocycles.